The van der Waals surface area contributed by atoms with E-state index in [-0.39, 0.29) is 5.69 Å². The Bertz CT molecular complexity index is 1200. The molecule has 34 heavy (non-hydrogen) atoms. The highest BCUT2D eigenvalue weighted by molar-refractivity contribution is 6.10. The maximum atomic E-state index is 12.9. The molecule has 2 aliphatic rings. The third-order valence-electron chi connectivity index (χ3n) is 5.29. The number of carbonyl (C=O) groups is 4. The van der Waals surface area contributed by atoms with Crippen molar-refractivity contribution in [1.29, 1.82) is 0 Å². The van der Waals surface area contributed by atoms with Gasteiger partial charge in [0.2, 0.25) is 5.91 Å². The fraction of sp³-hybridized carbons (Fsp3) is 0.238. The molecule has 0 bridgehead atoms. The van der Waals surface area contributed by atoms with Gasteiger partial charge in [-0.25, -0.2) is 9.59 Å². The number of hydrogen-bond donors (Lipinski definition) is 3. The Kier molecular flexibility index (Phi) is 5.75. The van der Waals surface area contributed by atoms with Gasteiger partial charge in [-0.2, -0.15) is 0 Å². The van der Waals surface area contributed by atoms with Crippen molar-refractivity contribution in [2.45, 2.75) is 12.5 Å². The Morgan fingerprint density at radius 2 is 1.79 bits per heavy atom. The molecular formula is C21H19N5O8. The zero-order valence-corrected chi connectivity index (χ0v) is 17.8. The lowest BCUT2D eigenvalue weighted by Crippen LogP contribution is -2.45. The molecule has 3 N–H and O–H groups in total. The van der Waals surface area contributed by atoms with E-state index in [1.54, 1.807) is 12.1 Å². The molecule has 176 valence electrons. The maximum Gasteiger partial charge on any atom is 0.325 e. The highest BCUT2D eigenvalue weighted by Crippen LogP contribution is 2.32. The first kappa shape index (κ1) is 22.5. The average molecular weight is 469 g/mol. The lowest BCUT2D eigenvalue weighted by Gasteiger charge is -2.22. The van der Waals surface area contributed by atoms with Gasteiger partial charge in [-0.15, -0.1) is 0 Å². The van der Waals surface area contributed by atoms with E-state index >= 15 is 0 Å². The number of nitrogens with one attached hydrogen (secondary N) is 3. The molecule has 2 aromatic carbocycles. The number of nitro groups is 1. The minimum absolute atomic E-state index is 0.176. The third kappa shape index (κ3) is 4.30. The van der Waals surface area contributed by atoms with Crippen LogP contribution < -0.4 is 25.4 Å². The van der Waals surface area contributed by atoms with Gasteiger partial charge in [0.1, 0.15) is 25.3 Å². The minimum Gasteiger partial charge on any atom is -0.486 e. The number of carbonyl (C=O) groups excluding carboxylic acids is 4. The van der Waals surface area contributed by atoms with Crippen LogP contribution in [-0.2, 0) is 15.1 Å². The van der Waals surface area contributed by atoms with Crippen molar-refractivity contribution in [3.05, 3.63) is 58.1 Å². The Labute approximate surface area is 192 Å². The molecule has 0 aromatic heterocycles. The Morgan fingerprint density at radius 1 is 1.12 bits per heavy atom. The maximum absolute atomic E-state index is 12.9. The van der Waals surface area contributed by atoms with Crippen molar-refractivity contribution in [3.8, 4) is 11.5 Å². The summed E-state index contributed by atoms with van der Waals surface area (Å²) in [5.74, 6) is -0.664. The fourth-order valence-corrected chi connectivity index (χ4v) is 3.55. The molecule has 0 saturated carbocycles. The van der Waals surface area contributed by atoms with E-state index in [2.05, 4.69) is 16.0 Å². The first-order valence-corrected chi connectivity index (χ1v) is 10.1. The van der Waals surface area contributed by atoms with Gasteiger partial charge in [0, 0.05) is 23.9 Å². The van der Waals surface area contributed by atoms with Crippen LogP contribution in [0, 0.1) is 10.1 Å². The molecule has 1 fully saturated rings. The number of imide groups is 2. The van der Waals surface area contributed by atoms with E-state index in [0.717, 1.165) is 0 Å². The molecular weight excluding hydrogens is 450 g/mol. The molecule has 0 radical (unpaired) electrons. The number of fused-ring (bicyclic) bond motifs is 1. The van der Waals surface area contributed by atoms with Gasteiger partial charge in [0.05, 0.1) is 4.92 Å². The SMILES string of the molecule is CC1(c2ccc([N+](=O)[O-])cc2)NC(=O)N(CC(=O)NC(=O)Nc2ccc3c(c2)OCCO3)C1=O. The van der Waals surface area contributed by atoms with Gasteiger partial charge >= 0.3 is 12.1 Å². The second-order valence-electron chi connectivity index (χ2n) is 7.61. The van der Waals surface area contributed by atoms with E-state index in [1.807, 2.05) is 0 Å². The predicted molar refractivity (Wildman–Crippen MR) is 115 cm³/mol. The molecule has 0 spiro atoms. The van der Waals surface area contributed by atoms with Crippen molar-refractivity contribution < 1.29 is 33.6 Å². The topological polar surface area (TPSA) is 169 Å². The number of nitro benzene ring substituents is 1. The number of benzene rings is 2. The zero-order chi connectivity index (χ0) is 24.5. The summed E-state index contributed by atoms with van der Waals surface area (Å²) in [5.41, 5.74) is -1.06. The summed E-state index contributed by atoms with van der Waals surface area (Å²) in [6, 6.07) is 8.10. The highest BCUT2D eigenvalue weighted by Gasteiger charge is 2.49. The lowest BCUT2D eigenvalue weighted by atomic mass is 9.92. The van der Waals surface area contributed by atoms with Crippen molar-refractivity contribution in [2.75, 3.05) is 25.1 Å². The summed E-state index contributed by atoms with van der Waals surface area (Å²) in [7, 11) is 0. The number of nitrogens with zero attached hydrogens (tertiary/aromatic N) is 2. The van der Waals surface area contributed by atoms with E-state index < -0.39 is 40.9 Å². The molecule has 1 saturated heterocycles. The van der Waals surface area contributed by atoms with Crippen molar-refractivity contribution in [3.63, 3.8) is 0 Å². The monoisotopic (exact) mass is 469 g/mol. The van der Waals surface area contributed by atoms with Gasteiger partial charge in [-0.1, -0.05) is 0 Å². The second-order valence-corrected chi connectivity index (χ2v) is 7.61. The van der Waals surface area contributed by atoms with Crippen molar-refractivity contribution >= 4 is 35.3 Å². The van der Waals surface area contributed by atoms with Crippen LogP contribution in [0.3, 0.4) is 0 Å². The Hall–Kier alpha value is -4.68. The van der Waals surface area contributed by atoms with Crippen molar-refractivity contribution in [2.24, 2.45) is 0 Å². The van der Waals surface area contributed by atoms with E-state index in [1.165, 1.54) is 37.3 Å². The molecule has 1 atom stereocenters. The number of rotatable bonds is 5. The molecule has 6 amide bonds. The molecule has 2 heterocycles. The summed E-state index contributed by atoms with van der Waals surface area (Å²) >= 11 is 0. The van der Waals surface area contributed by atoms with Crippen LogP contribution in [0.4, 0.5) is 21.0 Å². The minimum atomic E-state index is -1.53. The van der Waals surface area contributed by atoms with E-state index in [0.29, 0.717) is 40.9 Å². The molecule has 13 heteroatoms. The number of non-ortho nitro benzene ring substituents is 1. The predicted octanol–water partition coefficient (Wildman–Crippen LogP) is 1.48. The second kappa shape index (κ2) is 8.69. The summed E-state index contributed by atoms with van der Waals surface area (Å²) in [6.45, 7) is 1.50. The number of anilines is 1. The number of hydrogen-bond acceptors (Lipinski definition) is 8. The first-order chi connectivity index (χ1) is 16.2. The molecule has 1 unspecified atom stereocenters. The standard InChI is InChI=1S/C21H19N5O8/c1-21(12-2-5-14(6-3-12)26(31)32)18(28)25(20(30)24-21)11-17(27)23-19(29)22-13-4-7-15-16(10-13)34-9-8-33-15/h2-7,10H,8-9,11H2,1H3,(H,24,30)(H2,22,23,27,29). The molecule has 4 rings (SSSR count). The van der Waals surface area contributed by atoms with Crippen LogP contribution >= 0.6 is 0 Å². The van der Waals surface area contributed by atoms with Gasteiger partial charge in [0.25, 0.3) is 11.6 Å². The molecule has 0 aliphatic carbocycles. The van der Waals surface area contributed by atoms with Crippen LogP contribution in [0.25, 0.3) is 0 Å². The Balaban J connectivity index is 1.38. The summed E-state index contributed by atoms with van der Waals surface area (Å²) in [4.78, 5) is 60.7. The van der Waals surface area contributed by atoms with Crippen LogP contribution in [-0.4, -0.2) is 53.5 Å². The highest BCUT2D eigenvalue weighted by atomic mass is 16.6. The summed E-state index contributed by atoms with van der Waals surface area (Å²) in [6.07, 6.45) is 0. The molecule has 2 aromatic rings. The lowest BCUT2D eigenvalue weighted by molar-refractivity contribution is -0.384. The summed E-state index contributed by atoms with van der Waals surface area (Å²) < 4.78 is 10.8. The third-order valence-corrected chi connectivity index (χ3v) is 5.29. The fourth-order valence-electron chi connectivity index (χ4n) is 3.55. The Morgan fingerprint density at radius 3 is 2.47 bits per heavy atom. The van der Waals surface area contributed by atoms with E-state index in [4.69, 9.17) is 9.47 Å². The quantitative estimate of drug-likeness (QED) is 0.336. The smallest absolute Gasteiger partial charge is 0.325 e. The molecule has 13 nitrogen and oxygen atoms in total. The average Bonchev–Trinajstić information content (AvgIpc) is 3.02. The number of urea groups is 2. The zero-order valence-electron chi connectivity index (χ0n) is 17.8. The number of ether oxygens (including phenoxy) is 2. The summed E-state index contributed by atoms with van der Waals surface area (Å²) in [5, 5.41) is 17.8. The first-order valence-electron chi connectivity index (χ1n) is 10.1. The van der Waals surface area contributed by atoms with Crippen LogP contribution in [0.15, 0.2) is 42.5 Å². The van der Waals surface area contributed by atoms with Gasteiger partial charge in [0.15, 0.2) is 11.5 Å². The van der Waals surface area contributed by atoms with Crippen LogP contribution in [0.2, 0.25) is 0 Å². The normalized spacial score (nSPS) is 18.8. The largest absolute Gasteiger partial charge is 0.486 e. The van der Waals surface area contributed by atoms with E-state index in [9.17, 15) is 29.3 Å². The van der Waals surface area contributed by atoms with Crippen LogP contribution in [0.1, 0.15) is 12.5 Å². The van der Waals surface area contributed by atoms with Crippen molar-refractivity contribution in [1.82, 2.24) is 15.5 Å². The number of amides is 6. The van der Waals surface area contributed by atoms with Crippen LogP contribution in [0.5, 0.6) is 11.5 Å². The van der Waals surface area contributed by atoms with Gasteiger partial charge in [-0.05, 0) is 36.8 Å². The molecule has 2 aliphatic heterocycles. The van der Waals surface area contributed by atoms with Gasteiger partial charge < -0.3 is 20.1 Å². The van der Waals surface area contributed by atoms with Gasteiger partial charge in [-0.3, -0.25) is 29.9 Å².